The van der Waals surface area contributed by atoms with Gasteiger partial charge in [-0.1, -0.05) is 31.5 Å². The molecule has 5 nitrogen and oxygen atoms in total. The van der Waals surface area contributed by atoms with Gasteiger partial charge in [-0.3, -0.25) is 0 Å². The zero-order valence-corrected chi connectivity index (χ0v) is 19.0. The molecule has 0 saturated heterocycles. The summed E-state index contributed by atoms with van der Waals surface area (Å²) < 4.78 is 29.4. The zero-order chi connectivity index (χ0) is 20.1. The van der Waals surface area contributed by atoms with E-state index in [0.717, 1.165) is 43.6 Å². The largest absolute Gasteiger partial charge is 0.497 e. The first-order valence-electron chi connectivity index (χ1n) is 10.3. The van der Waals surface area contributed by atoms with E-state index in [1.807, 2.05) is 45.5 Å². The van der Waals surface area contributed by atoms with Crippen molar-refractivity contribution in [1.82, 2.24) is 0 Å². The summed E-state index contributed by atoms with van der Waals surface area (Å²) >= 11 is 0. The Kier molecular flexibility index (Phi) is 11.9. The molecule has 0 spiro atoms. The summed E-state index contributed by atoms with van der Waals surface area (Å²) in [6.07, 6.45) is 3.69. The first-order chi connectivity index (χ1) is 12.9. The first-order valence-corrected chi connectivity index (χ1v) is 12.5. The third kappa shape index (κ3) is 9.71. The number of para-hydroxylation sites is 1. The maximum atomic E-state index is 6.16. The van der Waals surface area contributed by atoms with Gasteiger partial charge in [0, 0.05) is 25.9 Å². The minimum atomic E-state index is -2.56. The van der Waals surface area contributed by atoms with E-state index in [1.165, 1.54) is 0 Å². The Morgan fingerprint density at radius 2 is 1.67 bits per heavy atom. The molecular formula is C21H38O5Si. The molecule has 0 radical (unpaired) electrons. The average Bonchev–Trinajstić information content (AvgIpc) is 2.61. The molecule has 156 valence electrons. The summed E-state index contributed by atoms with van der Waals surface area (Å²) in [6, 6.07) is 8.13. The van der Waals surface area contributed by atoms with Gasteiger partial charge in [0.2, 0.25) is 0 Å². The zero-order valence-electron chi connectivity index (χ0n) is 18.0. The van der Waals surface area contributed by atoms with Gasteiger partial charge in [0.1, 0.15) is 5.75 Å². The lowest BCUT2D eigenvalue weighted by atomic mass is 10.1. The van der Waals surface area contributed by atoms with E-state index in [-0.39, 0.29) is 12.4 Å². The summed E-state index contributed by atoms with van der Waals surface area (Å²) in [6.45, 7) is 14.0. The highest BCUT2D eigenvalue weighted by Gasteiger charge is 2.35. The van der Waals surface area contributed by atoms with Crippen molar-refractivity contribution in [1.29, 1.82) is 0 Å². The number of hydrogen-bond donors (Lipinski definition) is 0. The Bertz CT molecular complexity index is 505. The van der Waals surface area contributed by atoms with Crippen molar-refractivity contribution in [2.24, 2.45) is 0 Å². The minimum Gasteiger partial charge on any atom is -0.465 e. The molecule has 0 fully saturated rings. The second-order valence-corrected chi connectivity index (χ2v) is 9.25. The van der Waals surface area contributed by atoms with Crippen molar-refractivity contribution in [2.75, 3.05) is 19.8 Å². The molecule has 27 heavy (non-hydrogen) atoms. The molecule has 0 N–H and O–H groups in total. The van der Waals surface area contributed by atoms with Gasteiger partial charge in [-0.25, -0.2) is 0 Å². The topological polar surface area (TPSA) is 46.2 Å². The fourth-order valence-electron chi connectivity index (χ4n) is 2.85. The SMILES string of the molecule is CCCCOC(C)Oc1ccccc1CCC(C)O[Si](C)(OCC)OCC. The van der Waals surface area contributed by atoms with Gasteiger partial charge in [-0.15, -0.1) is 0 Å². The van der Waals surface area contributed by atoms with Gasteiger partial charge in [0.15, 0.2) is 6.29 Å². The van der Waals surface area contributed by atoms with Crippen LogP contribution in [0.15, 0.2) is 24.3 Å². The molecule has 0 bridgehead atoms. The molecule has 0 aliphatic carbocycles. The summed E-state index contributed by atoms with van der Waals surface area (Å²) in [5.41, 5.74) is 1.16. The van der Waals surface area contributed by atoms with Crippen molar-refractivity contribution < 1.29 is 22.8 Å². The van der Waals surface area contributed by atoms with Crippen LogP contribution in [0, 0.1) is 0 Å². The highest BCUT2D eigenvalue weighted by atomic mass is 28.4. The molecule has 0 aliphatic rings. The van der Waals surface area contributed by atoms with Crippen LogP contribution in [0.2, 0.25) is 6.55 Å². The Morgan fingerprint density at radius 3 is 2.30 bits per heavy atom. The van der Waals surface area contributed by atoms with E-state index in [9.17, 15) is 0 Å². The lowest BCUT2D eigenvalue weighted by Crippen LogP contribution is -2.45. The Labute approximate surface area is 166 Å². The predicted octanol–water partition coefficient (Wildman–Crippen LogP) is 5.21. The number of rotatable bonds is 15. The Morgan fingerprint density at radius 1 is 1.00 bits per heavy atom. The van der Waals surface area contributed by atoms with Crippen molar-refractivity contribution in [3.8, 4) is 5.75 Å². The summed E-state index contributed by atoms with van der Waals surface area (Å²) in [7, 11) is -2.56. The van der Waals surface area contributed by atoms with E-state index >= 15 is 0 Å². The number of ether oxygens (including phenoxy) is 2. The van der Waals surface area contributed by atoms with Crippen molar-refractivity contribution in [2.45, 2.75) is 79.2 Å². The van der Waals surface area contributed by atoms with Crippen LogP contribution in [0.3, 0.4) is 0 Å². The van der Waals surface area contributed by atoms with Gasteiger partial charge in [0.25, 0.3) is 0 Å². The van der Waals surface area contributed by atoms with Gasteiger partial charge in [0.05, 0.1) is 6.61 Å². The normalized spacial score (nSPS) is 14.1. The average molecular weight is 399 g/mol. The molecule has 0 heterocycles. The van der Waals surface area contributed by atoms with Crippen LogP contribution in [0.1, 0.15) is 59.4 Å². The van der Waals surface area contributed by atoms with Gasteiger partial charge >= 0.3 is 8.80 Å². The quantitative estimate of drug-likeness (QED) is 0.231. The van der Waals surface area contributed by atoms with Crippen LogP contribution in [0.25, 0.3) is 0 Å². The molecule has 0 aliphatic heterocycles. The predicted molar refractivity (Wildman–Crippen MR) is 111 cm³/mol. The second kappa shape index (κ2) is 13.3. The second-order valence-electron chi connectivity index (χ2n) is 6.71. The maximum absolute atomic E-state index is 6.16. The summed E-state index contributed by atoms with van der Waals surface area (Å²) in [5.74, 6) is 0.878. The van der Waals surface area contributed by atoms with Gasteiger partial charge in [-0.2, -0.15) is 0 Å². The standard InChI is InChI=1S/C21H38O5Si/c1-7-10-17-22-19(5)25-21-14-12-11-13-20(21)16-15-18(4)26-27(6,23-8-2)24-9-3/h11-14,18-19H,7-10,15-17H2,1-6H3. The van der Waals surface area contributed by atoms with Crippen molar-refractivity contribution >= 4 is 8.80 Å². The third-order valence-corrected chi connectivity index (χ3v) is 6.62. The van der Waals surface area contributed by atoms with Crippen molar-refractivity contribution in [3.05, 3.63) is 29.8 Å². The minimum absolute atomic E-state index is 0.0473. The van der Waals surface area contributed by atoms with Crippen molar-refractivity contribution in [3.63, 3.8) is 0 Å². The molecule has 1 aromatic carbocycles. The first kappa shape index (κ1) is 24.1. The highest BCUT2D eigenvalue weighted by Crippen LogP contribution is 2.23. The summed E-state index contributed by atoms with van der Waals surface area (Å²) in [4.78, 5) is 0. The van der Waals surface area contributed by atoms with E-state index in [2.05, 4.69) is 19.9 Å². The van der Waals surface area contributed by atoms with Crippen LogP contribution < -0.4 is 4.74 Å². The molecule has 0 saturated carbocycles. The monoisotopic (exact) mass is 398 g/mol. The van der Waals surface area contributed by atoms with E-state index in [0.29, 0.717) is 13.2 Å². The maximum Gasteiger partial charge on any atom is 0.497 e. The molecule has 0 amide bonds. The third-order valence-electron chi connectivity index (χ3n) is 4.16. The van der Waals surface area contributed by atoms with Gasteiger partial charge < -0.3 is 22.8 Å². The molecular weight excluding hydrogens is 360 g/mol. The van der Waals surface area contributed by atoms with E-state index in [4.69, 9.17) is 22.8 Å². The molecule has 1 rings (SSSR count). The number of hydrogen-bond acceptors (Lipinski definition) is 5. The van der Waals surface area contributed by atoms with E-state index in [1.54, 1.807) is 0 Å². The lowest BCUT2D eigenvalue weighted by Gasteiger charge is -2.28. The molecule has 2 atom stereocenters. The number of aryl methyl sites for hydroxylation is 1. The van der Waals surface area contributed by atoms with Crippen LogP contribution in [0.4, 0.5) is 0 Å². The Hall–Kier alpha value is -0.923. The Balaban J connectivity index is 2.58. The molecule has 6 heteroatoms. The number of benzene rings is 1. The lowest BCUT2D eigenvalue weighted by molar-refractivity contribution is -0.0678. The molecule has 2 unspecified atom stereocenters. The highest BCUT2D eigenvalue weighted by molar-refractivity contribution is 6.59. The summed E-state index contributed by atoms with van der Waals surface area (Å²) in [5, 5.41) is 0. The van der Waals surface area contributed by atoms with Crippen LogP contribution in [-0.4, -0.2) is 41.0 Å². The molecule has 1 aromatic rings. The fourth-order valence-corrected chi connectivity index (χ4v) is 4.97. The molecule has 0 aromatic heterocycles. The number of unbranched alkanes of at least 4 members (excludes halogenated alkanes) is 1. The van der Waals surface area contributed by atoms with Crippen LogP contribution >= 0.6 is 0 Å². The fraction of sp³-hybridized carbons (Fsp3) is 0.714. The van der Waals surface area contributed by atoms with Crippen LogP contribution in [0.5, 0.6) is 5.75 Å². The van der Waals surface area contributed by atoms with E-state index < -0.39 is 8.80 Å². The van der Waals surface area contributed by atoms with Crippen LogP contribution in [-0.2, 0) is 24.4 Å². The smallest absolute Gasteiger partial charge is 0.465 e. The van der Waals surface area contributed by atoms with Gasteiger partial charge in [-0.05, 0) is 58.6 Å².